The zero-order chi connectivity index (χ0) is 49.2. The first-order valence-electron chi connectivity index (χ1n) is 28.8. The molecule has 0 radical (unpaired) electrons. The Balaban J connectivity index is 4.32. The number of rotatable bonds is 52. The van der Waals surface area contributed by atoms with Crippen molar-refractivity contribution in [2.45, 2.75) is 271 Å². The maximum Gasteiger partial charge on any atom is 0.306 e. The molecule has 0 saturated carbocycles. The Morgan fingerprint density at radius 1 is 0.338 bits per heavy atom. The van der Waals surface area contributed by atoms with Gasteiger partial charge in [-0.2, -0.15) is 0 Å². The molecule has 0 heterocycles. The fraction of sp³-hybridized carbons (Fsp3) is 0.714. The summed E-state index contributed by atoms with van der Waals surface area (Å²) in [5, 5.41) is 0. The maximum atomic E-state index is 12.9. The molecule has 5 nitrogen and oxygen atoms in total. The quantitative estimate of drug-likeness (QED) is 0.0345. The second kappa shape index (κ2) is 58.1. The molecular weight excluding hydrogens is 837 g/mol. The van der Waals surface area contributed by atoms with Crippen LogP contribution in [0.25, 0.3) is 0 Å². The number of ether oxygens (including phenoxy) is 3. The van der Waals surface area contributed by atoms with Crippen molar-refractivity contribution in [3.63, 3.8) is 0 Å². The standard InChI is InChI=1S/C63H108O5/c1-4-7-10-13-16-19-22-25-28-31-32-34-35-38-41-44-47-50-53-56-62(64)67-60-61(59-66-58-55-52-49-46-43-40-37-30-27-24-21-18-15-12-9-6-3)68-63(65)57-54-51-48-45-42-39-36-33-29-26-23-20-17-14-11-8-5-2/h8-9,11-12,16-21,25-30,61H,4-7,10,13-15,22-24,31-60H2,1-3H3/b11-8-,12-9-,19-16-,20-17-,21-18-,28-25-,29-26-,30-27-. The van der Waals surface area contributed by atoms with Gasteiger partial charge >= 0.3 is 11.9 Å². The van der Waals surface area contributed by atoms with E-state index < -0.39 is 6.10 Å². The SMILES string of the molecule is CC/C=C\C/C=C\C/C=C\CCCCCCCCCC(=O)OC(COCCCCCCCC/C=C\C/C=C\C/C=C\CC)COC(=O)CCCCCCCCCCC/C=C\C/C=C\CCCCC. The summed E-state index contributed by atoms with van der Waals surface area (Å²) in [5.41, 5.74) is 0. The molecule has 0 amide bonds. The molecule has 1 unspecified atom stereocenters. The highest BCUT2D eigenvalue weighted by atomic mass is 16.6. The molecule has 5 heteroatoms. The number of hydrogen-bond acceptors (Lipinski definition) is 5. The van der Waals surface area contributed by atoms with Crippen molar-refractivity contribution in [3.05, 3.63) is 97.2 Å². The van der Waals surface area contributed by atoms with E-state index in [1.165, 1.54) is 122 Å². The lowest BCUT2D eigenvalue weighted by molar-refractivity contribution is -0.163. The van der Waals surface area contributed by atoms with E-state index in [-0.39, 0.29) is 25.2 Å². The summed E-state index contributed by atoms with van der Waals surface area (Å²) in [4.78, 5) is 25.5. The largest absolute Gasteiger partial charge is 0.462 e. The molecule has 0 N–H and O–H groups in total. The lowest BCUT2D eigenvalue weighted by atomic mass is 10.1. The fourth-order valence-electron chi connectivity index (χ4n) is 7.86. The predicted octanol–water partition coefficient (Wildman–Crippen LogP) is 19.8. The lowest BCUT2D eigenvalue weighted by Gasteiger charge is -2.18. The van der Waals surface area contributed by atoms with Gasteiger partial charge in [-0.1, -0.05) is 234 Å². The Labute approximate surface area is 422 Å². The number of unbranched alkanes of at least 4 members (excludes halogenated alkanes) is 25. The molecule has 68 heavy (non-hydrogen) atoms. The molecule has 390 valence electrons. The minimum absolute atomic E-state index is 0.0696. The van der Waals surface area contributed by atoms with Crippen LogP contribution in [0, 0.1) is 0 Å². The number of carbonyl (C=O) groups excluding carboxylic acids is 2. The summed E-state index contributed by atoms with van der Waals surface area (Å²) in [6.07, 6.45) is 78.5. The summed E-state index contributed by atoms with van der Waals surface area (Å²) >= 11 is 0. The van der Waals surface area contributed by atoms with Crippen molar-refractivity contribution in [1.29, 1.82) is 0 Å². The fourth-order valence-corrected chi connectivity index (χ4v) is 7.86. The minimum atomic E-state index is -0.556. The first-order chi connectivity index (χ1) is 33.6. The van der Waals surface area contributed by atoms with Crippen LogP contribution in [0.1, 0.15) is 265 Å². The topological polar surface area (TPSA) is 61.8 Å². The Hall–Kier alpha value is -3.18. The van der Waals surface area contributed by atoms with E-state index in [4.69, 9.17) is 14.2 Å². The van der Waals surface area contributed by atoms with Crippen LogP contribution in [-0.2, 0) is 23.8 Å². The van der Waals surface area contributed by atoms with Gasteiger partial charge in [0.25, 0.3) is 0 Å². The molecule has 0 bridgehead atoms. The molecule has 0 aromatic heterocycles. The predicted molar refractivity (Wildman–Crippen MR) is 297 cm³/mol. The van der Waals surface area contributed by atoms with Crippen molar-refractivity contribution >= 4 is 11.9 Å². The third-order valence-electron chi connectivity index (χ3n) is 12.1. The normalized spacial score (nSPS) is 12.9. The molecule has 0 fully saturated rings. The summed E-state index contributed by atoms with van der Waals surface area (Å²) in [6.45, 7) is 7.56. The first kappa shape index (κ1) is 64.8. The zero-order valence-corrected chi connectivity index (χ0v) is 44.8. The van der Waals surface area contributed by atoms with Crippen LogP contribution >= 0.6 is 0 Å². The number of hydrogen-bond donors (Lipinski definition) is 0. The van der Waals surface area contributed by atoms with Gasteiger partial charge in [0, 0.05) is 19.4 Å². The smallest absolute Gasteiger partial charge is 0.306 e. The molecule has 0 saturated heterocycles. The Morgan fingerprint density at radius 2 is 0.662 bits per heavy atom. The van der Waals surface area contributed by atoms with Gasteiger partial charge in [0.2, 0.25) is 0 Å². The summed E-state index contributed by atoms with van der Waals surface area (Å²) in [6, 6.07) is 0. The highest BCUT2D eigenvalue weighted by molar-refractivity contribution is 5.70. The maximum absolute atomic E-state index is 12.9. The Morgan fingerprint density at radius 3 is 1.06 bits per heavy atom. The van der Waals surface area contributed by atoms with Crippen LogP contribution < -0.4 is 0 Å². The molecule has 0 aromatic carbocycles. The van der Waals surface area contributed by atoms with E-state index in [0.717, 1.165) is 109 Å². The summed E-state index contributed by atoms with van der Waals surface area (Å²) in [5.74, 6) is -0.418. The molecule has 0 aliphatic heterocycles. The van der Waals surface area contributed by atoms with Crippen LogP contribution in [0.3, 0.4) is 0 Å². The van der Waals surface area contributed by atoms with Crippen LogP contribution in [0.4, 0.5) is 0 Å². The highest BCUT2D eigenvalue weighted by Crippen LogP contribution is 2.15. The minimum Gasteiger partial charge on any atom is -0.462 e. The average molecular weight is 946 g/mol. The van der Waals surface area contributed by atoms with Crippen LogP contribution in [-0.4, -0.2) is 37.9 Å². The van der Waals surface area contributed by atoms with Gasteiger partial charge in [-0.05, 0) is 116 Å². The van der Waals surface area contributed by atoms with Crippen molar-refractivity contribution in [2.24, 2.45) is 0 Å². The van der Waals surface area contributed by atoms with Crippen LogP contribution in [0.15, 0.2) is 97.2 Å². The molecule has 0 aliphatic rings. The zero-order valence-electron chi connectivity index (χ0n) is 44.8. The third kappa shape index (κ3) is 55.4. The van der Waals surface area contributed by atoms with Crippen molar-refractivity contribution in [3.8, 4) is 0 Å². The number of carbonyl (C=O) groups is 2. The van der Waals surface area contributed by atoms with E-state index in [2.05, 4.69) is 118 Å². The Bertz CT molecular complexity index is 1300. The van der Waals surface area contributed by atoms with Gasteiger partial charge in [-0.25, -0.2) is 0 Å². The second-order valence-corrected chi connectivity index (χ2v) is 18.8. The molecule has 1 atom stereocenters. The van der Waals surface area contributed by atoms with Crippen molar-refractivity contribution < 1.29 is 23.8 Å². The molecule has 0 aliphatic carbocycles. The first-order valence-corrected chi connectivity index (χ1v) is 28.8. The summed E-state index contributed by atoms with van der Waals surface area (Å²) in [7, 11) is 0. The molecule has 0 rings (SSSR count). The van der Waals surface area contributed by atoms with E-state index in [0.29, 0.717) is 19.4 Å². The van der Waals surface area contributed by atoms with E-state index in [9.17, 15) is 9.59 Å². The van der Waals surface area contributed by atoms with E-state index in [1.807, 2.05) is 0 Å². The van der Waals surface area contributed by atoms with Gasteiger partial charge in [0.05, 0.1) is 6.61 Å². The van der Waals surface area contributed by atoms with Gasteiger partial charge in [0.15, 0.2) is 6.10 Å². The van der Waals surface area contributed by atoms with Crippen molar-refractivity contribution in [2.75, 3.05) is 19.8 Å². The molecule has 0 spiro atoms. The number of esters is 2. The Kier molecular flexibility index (Phi) is 55.4. The monoisotopic (exact) mass is 945 g/mol. The van der Waals surface area contributed by atoms with Gasteiger partial charge < -0.3 is 14.2 Å². The third-order valence-corrected chi connectivity index (χ3v) is 12.1. The van der Waals surface area contributed by atoms with Crippen LogP contribution in [0.2, 0.25) is 0 Å². The summed E-state index contributed by atoms with van der Waals surface area (Å²) < 4.78 is 17.5. The molecular formula is C63H108O5. The number of allylic oxidation sites excluding steroid dienone is 16. The lowest BCUT2D eigenvalue weighted by Crippen LogP contribution is -2.30. The highest BCUT2D eigenvalue weighted by Gasteiger charge is 2.17. The van der Waals surface area contributed by atoms with E-state index in [1.54, 1.807) is 0 Å². The van der Waals surface area contributed by atoms with Crippen molar-refractivity contribution in [1.82, 2.24) is 0 Å². The van der Waals surface area contributed by atoms with Crippen LogP contribution in [0.5, 0.6) is 0 Å². The average Bonchev–Trinajstić information content (AvgIpc) is 3.34. The van der Waals surface area contributed by atoms with Gasteiger partial charge in [-0.15, -0.1) is 0 Å². The second-order valence-electron chi connectivity index (χ2n) is 18.8. The molecule has 0 aromatic rings. The van der Waals surface area contributed by atoms with Gasteiger partial charge in [-0.3, -0.25) is 9.59 Å². The van der Waals surface area contributed by atoms with Gasteiger partial charge in [0.1, 0.15) is 6.61 Å². The van der Waals surface area contributed by atoms with E-state index >= 15 is 0 Å².